The largest absolute Gasteiger partial charge is 0.493 e. The van der Waals surface area contributed by atoms with Gasteiger partial charge in [0.05, 0.1) is 20.0 Å². The lowest BCUT2D eigenvalue weighted by atomic mass is 10.1. The van der Waals surface area contributed by atoms with Gasteiger partial charge in [-0.3, -0.25) is 9.00 Å². The Balaban J connectivity index is 1.77. The van der Waals surface area contributed by atoms with E-state index in [2.05, 4.69) is 5.32 Å². The van der Waals surface area contributed by atoms with E-state index in [4.69, 9.17) is 19.0 Å². The lowest BCUT2D eigenvalue weighted by molar-refractivity contribution is -0.118. The maximum Gasteiger partial charge on any atom is 0.371 e. The minimum absolute atomic E-state index is 0.0175. The van der Waals surface area contributed by atoms with Gasteiger partial charge in [-0.1, -0.05) is 6.07 Å². The molecule has 1 unspecified atom stereocenters. The van der Waals surface area contributed by atoms with Crippen LogP contribution in [0.15, 0.2) is 34.7 Å². The molecule has 0 aliphatic rings. The highest BCUT2D eigenvalue weighted by Crippen LogP contribution is 2.27. The molecule has 1 amide bonds. The van der Waals surface area contributed by atoms with E-state index in [-0.39, 0.29) is 28.9 Å². The number of benzene rings is 1. The summed E-state index contributed by atoms with van der Waals surface area (Å²) in [5, 5.41) is 11.5. The average Bonchev–Trinajstić information content (AvgIpc) is 3.10. The lowest BCUT2D eigenvalue weighted by Gasteiger charge is -2.10. The van der Waals surface area contributed by atoms with E-state index >= 15 is 0 Å². The zero-order valence-electron chi connectivity index (χ0n) is 15.0. The van der Waals surface area contributed by atoms with E-state index in [0.29, 0.717) is 24.5 Å². The molecule has 146 valence electrons. The summed E-state index contributed by atoms with van der Waals surface area (Å²) in [6.45, 7) is 0.384. The molecule has 1 aromatic heterocycles. The van der Waals surface area contributed by atoms with Crippen LogP contribution in [-0.2, 0) is 27.8 Å². The number of carboxylic acids is 1. The minimum Gasteiger partial charge on any atom is -0.493 e. The summed E-state index contributed by atoms with van der Waals surface area (Å²) in [5.74, 6) is -0.457. The number of hydrogen-bond acceptors (Lipinski definition) is 6. The van der Waals surface area contributed by atoms with Crippen LogP contribution >= 0.6 is 0 Å². The van der Waals surface area contributed by atoms with Gasteiger partial charge in [0.1, 0.15) is 11.5 Å². The number of rotatable bonds is 10. The normalized spacial score (nSPS) is 11.6. The Bertz CT molecular complexity index is 831. The van der Waals surface area contributed by atoms with Crippen molar-refractivity contribution in [1.29, 1.82) is 0 Å². The average molecular weight is 395 g/mol. The molecule has 2 rings (SSSR count). The lowest BCUT2D eigenvalue weighted by Crippen LogP contribution is -2.30. The molecular weight excluding hydrogens is 374 g/mol. The highest BCUT2D eigenvalue weighted by atomic mass is 32.2. The Morgan fingerprint density at radius 3 is 2.52 bits per heavy atom. The highest BCUT2D eigenvalue weighted by Gasteiger charge is 2.14. The summed E-state index contributed by atoms with van der Waals surface area (Å²) in [6.07, 6.45) is 0.582. The van der Waals surface area contributed by atoms with Gasteiger partial charge in [-0.2, -0.15) is 0 Å². The molecule has 0 aliphatic carbocycles. The third-order valence-corrected chi connectivity index (χ3v) is 4.84. The first kappa shape index (κ1) is 20.5. The number of hydrogen-bond donors (Lipinski definition) is 2. The summed E-state index contributed by atoms with van der Waals surface area (Å²) in [5.41, 5.74) is 0.964. The van der Waals surface area contributed by atoms with Crippen LogP contribution in [-0.4, -0.2) is 47.7 Å². The Morgan fingerprint density at radius 1 is 1.15 bits per heavy atom. The minimum atomic E-state index is -1.49. The molecule has 1 atom stereocenters. The maximum absolute atomic E-state index is 12.0. The Hall–Kier alpha value is -2.81. The first-order valence-electron chi connectivity index (χ1n) is 8.07. The van der Waals surface area contributed by atoms with Gasteiger partial charge in [-0.15, -0.1) is 0 Å². The fourth-order valence-corrected chi connectivity index (χ4v) is 3.33. The number of nitrogens with one attached hydrogen (secondary N) is 1. The van der Waals surface area contributed by atoms with Crippen molar-refractivity contribution in [2.24, 2.45) is 0 Å². The van der Waals surface area contributed by atoms with Crippen molar-refractivity contribution in [2.45, 2.75) is 12.2 Å². The van der Waals surface area contributed by atoms with E-state index in [9.17, 15) is 13.8 Å². The number of carbonyl (C=O) groups excluding carboxylic acids is 1. The van der Waals surface area contributed by atoms with E-state index in [0.717, 1.165) is 5.56 Å². The van der Waals surface area contributed by atoms with Crippen LogP contribution in [0.1, 0.15) is 21.9 Å². The Morgan fingerprint density at radius 2 is 1.89 bits per heavy atom. The summed E-state index contributed by atoms with van der Waals surface area (Å²) >= 11 is 0. The molecule has 9 heteroatoms. The van der Waals surface area contributed by atoms with E-state index < -0.39 is 16.8 Å². The van der Waals surface area contributed by atoms with Gasteiger partial charge in [0.2, 0.25) is 11.7 Å². The molecule has 0 radical (unpaired) electrons. The van der Waals surface area contributed by atoms with Crippen molar-refractivity contribution in [1.82, 2.24) is 5.32 Å². The van der Waals surface area contributed by atoms with Crippen molar-refractivity contribution in [2.75, 3.05) is 26.5 Å². The molecule has 2 N–H and O–H groups in total. The van der Waals surface area contributed by atoms with Gasteiger partial charge in [-0.25, -0.2) is 4.79 Å². The molecule has 0 saturated heterocycles. The third kappa shape index (κ3) is 6.14. The van der Waals surface area contributed by atoms with Crippen LogP contribution in [0, 0.1) is 0 Å². The molecule has 0 spiro atoms. The molecule has 27 heavy (non-hydrogen) atoms. The molecule has 0 saturated carbocycles. The fourth-order valence-electron chi connectivity index (χ4n) is 2.36. The molecule has 0 aliphatic heterocycles. The standard InChI is InChI=1S/C18H21NO7S/c1-24-14-5-3-12(9-16(14)25-2)7-8-19-17(20)11-27(23)10-13-4-6-15(26-13)18(21)22/h3-6,9H,7-8,10-11H2,1-2H3,(H,19,20)(H,21,22). The van der Waals surface area contributed by atoms with Crippen molar-refractivity contribution < 1.29 is 32.8 Å². The van der Waals surface area contributed by atoms with Crippen molar-refractivity contribution >= 4 is 22.7 Å². The molecule has 0 bridgehead atoms. The monoisotopic (exact) mass is 395 g/mol. The second kappa shape index (κ2) is 9.77. The molecule has 1 aromatic carbocycles. The van der Waals surface area contributed by atoms with Crippen molar-refractivity contribution in [3.05, 3.63) is 47.4 Å². The molecule has 8 nitrogen and oxygen atoms in total. The number of carboxylic acid groups (broad SMARTS) is 1. The second-order valence-corrected chi connectivity index (χ2v) is 7.05. The maximum atomic E-state index is 12.0. The smallest absolute Gasteiger partial charge is 0.371 e. The van der Waals surface area contributed by atoms with Crippen LogP contribution in [0.2, 0.25) is 0 Å². The van der Waals surface area contributed by atoms with Gasteiger partial charge in [0.15, 0.2) is 11.5 Å². The number of carbonyl (C=O) groups is 2. The number of ether oxygens (including phenoxy) is 2. The SMILES string of the molecule is COc1ccc(CCNC(=O)CS(=O)Cc2ccc(C(=O)O)o2)cc1OC. The zero-order chi connectivity index (χ0) is 19.8. The molecule has 0 fully saturated rings. The number of methoxy groups -OCH3 is 2. The second-order valence-electron chi connectivity index (χ2n) is 5.59. The fraction of sp³-hybridized carbons (Fsp3) is 0.333. The Kier molecular flexibility index (Phi) is 7.42. The van der Waals surface area contributed by atoms with E-state index in [1.54, 1.807) is 20.3 Å². The number of aromatic carboxylic acids is 1. The number of amides is 1. The van der Waals surface area contributed by atoms with Gasteiger partial charge in [-0.05, 0) is 36.2 Å². The van der Waals surface area contributed by atoms with Crippen LogP contribution in [0.25, 0.3) is 0 Å². The topological polar surface area (TPSA) is 115 Å². The molecular formula is C18H21NO7S. The van der Waals surface area contributed by atoms with Gasteiger partial charge < -0.3 is 24.3 Å². The van der Waals surface area contributed by atoms with Crippen molar-refractivity contribution in [3.63, 3.8) is 0 Å². The van der Waals surface area contributed by atoms with Crippen molar-refractivity contribution in [3.8, 4) is 11.5 Å². The van der Waals surface area contributed by atoms with Crippen LogP contribution in [0.3, 0.4) is 0 Å². The summed E-state index contributed by atoms with van der Waals surface area (Å²) in [4.78, 5) is 22.6. The van der Waals surface area contributed by atoms with E-state index in [1.165, 1.54) is 12.1 Å². The summed E-state index contributed by atoms with van der Waals surface area (Å²) < 4.78 is 27.4. The predicted molar refractivity (Wildman–Crippen MR) is 98.6 cm³/mol. The van der Waals surface area contributed by atoms with Crippen LogP contribution < -0.4 is 14.8 Å². The summed E-state index contributed by atoms with van der Waals surface area (Å²) in [7, 11) is 1.62. The number of furan rings is 1. The predicted octanol–water partition coefficient (Wildman–Crippen LogP) is 1.60. The quantitative estimate of drug-likeness (QED) is 0.628. The first-order chi connectivity index (χ1) is 12.9. The first-order valence-corrected chi connectivity index (χ1v) is 9.56. The van der Waals surface area contributed by atoms with E-state index in [1.807, 2.05) is 12.1 Å². The molecule has 1 heterocycles. The van der Waals surface area contributed by atoms with Gasteiger partial charge in [0.25, 0.3) is 0 Å². The summed E-state index contributed by atoms with van der Waals surface area (Å²) in [6, 6.07) is 8.23. The van der Waals surface area contributed by atoms with Gasteiger partial charge in [0, 0.05) is 17.3 Å². The highest BCUT2D eigenvalue weighted by molar-refractivity contribution is 7.84. The zero-order valence-corrected chi connectivity index (χ0v) is 15.8. The third-order valence-electron chi connectivity index (χ3n) is 3.65. The molecule has 2 aromatic rings. The Labute approximate surface area is 158 Å². The van der Waals surface area contributed by atoms with Crippen LogP contribution in [0.4, 0.5) is 0 Å². The van der Waals surface area contributed by atoms with Crippen LogP contribution in [0.5, 0.6) is 11.5 Å². The van der Waals surface area contributed by atoms with Gasteiger partial charge >= 0.3 is 5.97 Å².